The summed E-state index contributed by atoms with van der Waals surface area (Å²) >= 11 is 1.75. The summed E-state index contributed by atoms with van der Waals surface area (Å²) in [6, 6.07) is 11.7. The van der Waals surface area contributed by atoms with Gasteiger partial charge in [0.15, 0.2) is 0 Å². The van der Waals surface area contributed by atoms with Gasteiger partial charge in [-0.05, 0) is 37.0 Å². The molecule has 0 saturated heterocycles. The Kier molecular flexibility index (Phi) is 4.36. The number of hydrogen-bond acceptors (Lipinski definition) is 4. The van der Waals surface area contributed by atoms with Gasteiger partial charge < -0.3 is 4.98 Å². The number of thiophene rings is 1. The second-order valence-electron chi connectivity index (χ2n) is 5.29. The summed E-state index contributed by atoms with van der Waals surface area (Å²) in [5.41, 5.74) is 0.680. The van der Waals surface area contributed by atoms with Crippen molar-refractivity contribution < 1.29 is 0 Å². The first-order valence-corrected chi connectivity index (χ1v) is 8.32. The fourth-order valence-corrected chi connectivity index (χ4v) is 3.33. The highest BCUT2D eigenvalue weighted by Gasteiger charge is 2.18. The zero-order valence-electron chi connectivity index (χ0n) is 12.7. The Morgan fingerprint density at radius 1 is 1.27 bits per heavy atom. The number of benzene rings is 1. The molecule has 22 heavy (non-hydrogen) atoms. The fourth-order valence-electron chi connectivity index (χ4n) is 2.60. The molecule has 0 aliphatic heterocycles. The lowest BCUT2D eigenvalue weighted by Crippen LogP contribution is -2.29. The van der Waals surface area contributed by atoms with Gasteiger partial charge in [-0.15, -0.1) is 11.3 Å². The number of rotatable bonds is 5. The Bertz CT molecular complexity index is 810. The molecule has 1 atom stereocenters. The number of hydrogen-bond donors (Lipinski definition) is 1. The Labute approximate surface area is 133 Å². The van der Waals surface area contributed by atoms with Crippen molar-refractivity contribution >= 4 is 22.2 Å². The van der Waals surface area contributed by atoms with E-state index >= 15 is 0 Å². The molecule has 114 valence electrons. The maximum atomic E-state index is 12.2. The zero-order chi connectivity index (χ0) is 15.5. The third kappa shape index (κ3) is 2.96. The van der Waals surface area contributed by atoms with E-state index in [0.29, 0.717) is 5.39 Å². The van der Waals surface area contributed by atoms with Crippen LogP contribution < -0.4 is 5.56 Å². The molecule has 5 heteroatoms. The molecular formula is C17H19N3OS. The van der Waals surface area contributed by atoms with E-state index in [1.807, 2.05) is 18.2 Å². The minimum Gasteiger partial charge on any atom is -0.309 e. The minimum atomic E-state index is -0.0698. The predicted octanol–water partition coefficient (Wildman–Crippen LogP) is 3.57. The van der Waals surface area contributed by atoms with Crippen LogP contribution in [-0.2, 0) is 6.54 Å². The molecule has 2 heterocycles. The number of para-hydroxylation sites is 1. The molecule has 0 aliphatic carbocycles. The van der Waals surface area contributed by atoms with Crippen LogP contribution in [0.4, 0.5) is 0 Å². The lowest BCUT2D eigenvalue weighted by atomic mass is 10.2. The van der Waals surface area contributed by atoms with Crippen LogP contribution in [0.2, 0.25) is 0 Å². The molecule has 0 aliphatic rings. The molecule has 3 rings (SSSR count). The summed E-state index contributed by atoms with van der Waals surface area (Å²) in [4.78, 5) is 23.4. The molecule has 0 amide bonds. The molecule has 3 aromatic rings. The lowest BCUT2D eigenvalue weighted by Gasteiger charge is -2.26. The molecule has 2 aromatic heterocycles. The zero-order valence-corrected chi connectivity index (χ0v) is 13.6. The van der Waals surface area contributed by atoms with E-state index in [4.69, 9.17) is 0 Å². The Balaban J connectivity index is 1.93. The summed E-state index contributed by atoms with van der Waals surface area (Å²) in [7, 11) is 0. The van der Waals surface area contributed by atoms with Crippen molar-refractivity contribution in [1.29, 1.82) is 0 Å². The first kappa shape index (κ1) is 14.9. The van der Waals surface area contributed by atoms with Gasteiger partial charge in [-0.25, -0.2) is 4.98 Å². The van der Waals surface area contributed by atoms with Gasteiger partial charge in [0, 0.05) is 11.4 Å². The maximum Gasteiger partial charge on any atom is 0.258 e. The Morgan fingerprint density at radius 2 is 2.09 bits per heavy atom. The van der Waals surface area contributed by atoms with Gasteiger partial charge in [0.2, 0.25) is 0 Å². The lowest BCUT2D eigenvalue weighted by molar-refractivity contribution is 0.207. The molecule has 0 spiro atoms. The predicted molar refractivity (Wildman–Crippen MR) is 91.2 cm³/mol. The highest BCUT2D eigenvalue weighted by molar-refractivity contribution is 7.09. The highest BCUT2D eigenvalue weighted by atomic mass is 32.1. The number of aromatic nitrogens is 2. The van der Waals surface area contributed by atoms with E-state index in [1.165, 1.54) is 4.88 Å². The second-order valence-corrected chi connectivity index (χ2v) is 6.32. The summed E-state index contributed by atoms with van der Waals surface area (Å²) in [6.07, 6.45) is 0. The van der Waals surface area contributed by atoms with Gasteiger partial charge in [0.05, 0.1) is 16.9 Å². The van der Waals surface area contributed by atoms with Crippen LogP contribution in [0.15, 0.2) is 46.6 Å². The van der Waals surface area contributed by atoms with Gasteiger partial charge in [0.1, 0.15) is 5.82 Å². The van der Waals surface area contributed by atoms with E-state index in [-0.39, 0.29) is 11.6 Å². The molecule has 0 unspecified atom stereocenters. The molecular weight excluding hydrogens is 294 g/mol. The smallest absolute Gasteiger partial charge is 0.258 e. The highest BCUT2D eigenvalue weighted by Crippen LogP contribution is 2.21. The Morgan fingerprint density at radius 3 is 2.82 bits per heavy atom. The number of nitrogens with one attached hydrogen (secondary N) is 1. The van der Waals surface area contributed by atoms with Gasteiger partial charge in [-0.2, -0.15) is 0 Å². The second kappa shape index (κ2) is 6.42. The summed E-state index contributed by atoms with van der Waals surface area (Å²) < 4.78 is 0. The molecule has 4 nitrogen and oxygen atoms in total. The fraction of sp³-hybridized carbons (Fsp3) is 0.294. The third-order valence-electron chi connectivity index (χ3n) is 3.92. The number of H-pyrrole nitrogens is 1. The first-order chi connectivity index (χ1) is 10.7. The minimum absolute atomic E-state index is 0.0596. The topological polar surface area (TPSA) is 49.0 Å². The van der Waals surface area contributed by atoms with Crippen LogP contribution in [0, 0.1) is 0 Å². The summed E-state index contributed by atoms with van der Waals surface area (Å²) in [6.45, 7) is 5.98. The number of aromatic amines is 1. The van der Waals surface area contributed by atoms with Crippen LogP contribution in [0.25, 0.3) is 10.9 Å². The Hall–Kier alpha value is -1.98. The molecule has 0 radical (unpaired) electrons. The van der Waals surface area contributed by atoms with Crippen LogP contribution in [0.3, 0.4) is 0 Å². The van der Waals surface area contributed by atoms with E-state index in [1.54, 1.807) is 17.4 Å². The molecule has 0 bridgehead atoms. The van der Waals surface area contributed by atoms with Crippen LogP contribution in [-0.4, -0.2) is 21.4 Å². The summed E-state index contributed by atoms with van der Waals surface area (Å²) in [5, 5.41) is 2.73. The van der Waals surface area contributed by atoms with Crippen molar-refractivity contribution in [3.8, 4) is 0 Å². The average molecular weight is 313 g/mol. The van der Waals surface area contributed by atoms with Crippen molar-refractivity contribution in [2.24, 2.45) is 0 Å². The van der Waals surface area contributed by atoms with E-state index in [9.17, 15) is 4.79 Å². The number of fused-ring (bicyclic) bond motifs is 1. The average Bonchev–Trinajstić information content (AvgIpc) is 3.05. The standard InChI is InChI=1S/C17H19N3OS/c1-3-20(11-13-7-6-10-22-13)12(2)16-18-15-9-5-4-8-14(15)17(21)19-16/h4-10,12H,3,11H2,1-2H3,(H,18,19,21)/t12-/m1/s1. The van der Waals surface area contributed by atoms with Crippen molar-refractivity contribution in [3.63, 3.8) is 0 Å². The normalized spacial score (nSPS) is 12.9. The van der Waals surface area contributed by atoms with Crippen molar-refractivity contribution in [1.82, 2.24) is 14.9 Å². The largest absolute Gasteiger partial charge is 0.309 e. The van der Waals surface area contributed by atoms with E-state index in [0.717, 1.165) is 24.4 Å². The van der Waals surface area contributed by atoms with Crippen LogP contribution in [0.1, 0.15) is 30.6 Å². The SMILES string of the molecule is CCN(Cc1cccs1)[C@H](C)c1nc2ccccc2c(=O)[nH]1. The van der Waals surface area contributed by atoms with Crippen LogP contribution >= 0.6 is 11.3 Å². The van der Waals surface area contributed by atoms with Gasteiger partial charge >= 0.3 is 0 Å². The van der Waals surface area contributed by atoms with Gasteiger partial charge in [-0.3, -0.25) is 9.69 Å². The van der Waals surface area contributed by atoms with Gasteiger partial charge in [0.25, 0.3) is 5.56 Å². The van der Waals surface area contributed by atoms with E-state index < -0.39 is 0 Å². The molecule has 0 fully saturated rings. The maximum absolute atomic E-state index is 12.2. The van der Waals surface area contributed by atoms with Crippen molar-refractivity contribution in [2.75, 3.05) is 6.54 Å². The summed E-state index contributed by atoms with van der Waals surface area (Å²) in [5.74, 6) is 0.724. The molecule has 0 saturated carbocycles. The van der Waals surface area contributed by atoms with Crippen molar-refractivity contribution in [3.05, 3.63) is 62.8 Å². The monoisotopic (exact) mass is 313 g/mol. The molecule has 1 N–H and O–H groups in total. The number of nitrogens with zero attached hydrogens (tertiary/aromatic N) is 2. The van der Waals surface area contributed by atoms with Crippen molar-refractivity contribution in [2.45, 2.75) is 26.4 Å². The third-order valence-corrected chi connectivity index (χ3v) is 4.78. The molecule has 1 aromatic carbocycles. The van der Waals surface area contributed by atoms with Gasteiger partial charge in [-0.1, -0.05) is 25.1 Å². The first-order valence-electron chi connectivity index (χ1n) is 7.44. The van der Waals surface area contributed by atoms with E-state index in [2.05, 4.69) is 46.2 Å². The quantitative estimate of drug-likeness (QED) is 0.783. The van der Waals surface area contributed by atoms with Crippen LogP contribution in [0.5, 0.6) is 0 Å².